The van der Waals surface area contributed by atoms with Gasteiger partial charge in [-0.25, -0.2) is 0 Å². The molecule has 2 nitrogen and oxygen atoms in total. The zero-order valence-electron chi connectivity index (χ0n) is 9.07. The standard InChI is InChI=1S/C11H20N2S/c1-10(7-12)3-5-13(2)8-11-4-6-14-9-11/h4,6,9-10H,3,5,7-8,12H2,1-2H3. The number of nitrogens with zero attached hydrogens (tertiary/aromatic N) is 1. The predicted octanol–water partition coefficient (Wildman–Crippen LogP) is 2.16. The van der Waals surface area contributed by atoms with Crippen LogP contribution >= 0.6 is 11.3 Å². The van der Waals surface area contributed by atoms with Crippen LogP contribution < -0.4 is 5.73 Å². The molecule has 0 aliphatic heterocycles. The first-order valence-corrected chi connectivity index (χ1v) is 6.06. The highest BCUT2D eigenvalue weighted by Gasteiger charge is 2.03. The Hall–Kier alpha value is -0.380. The summed E-state index contributed by atoms with van der Waals surface area (Å²) >= 11 is 1.76. The van der Waals surface area contributed by atoms with E-state index in [2.05, 4.69) is 35.7 Å². The van der Waals surface area contributed by atoms with Gasteiger partial charge in [-0.1, -0.05) is 6.92 Å². The van der Waals surface area contributed by atoms with Crippen LogP contribution in [0.25, 0.3) is 0 Å². The third-order valence-corrected chi connectivity index (χ3v) is 3.17. The van der Waals surface area contributed by atoms with Crippen molar-refractivity contribution in [2.45, 2.75) is 19.9 Å². The number of nitrogens with two attached hydrogens (primary N) is 1. The molecule has 1 aromatic rings. The summed E-state index contributed by atoms with van der Waals surface area (Å²) in [5.41, 5.74) is 6.99. The smallest absolute Gasteiger partial charge is 0.0238 e. The lowest BCUT2D eigenvalue weighted by Crippen LogP contribution is -2.22. The van der Waals surface area contributed by atoms with E-state index in [4.69, 9.17) is 5.73 Å². The van der Waals surface area contributed by atoms with Gasteiger partial charge < -0.3 is 10.6 Å². The van der Waals surface area contributed by atoms with Crippen LogP contribution in [0.3, 0.4) is 0 Å². The van der Waals surface area contributed by atoms with Gasteiger partial charge in [0.1, 0.15) is 0 Å². The van der Waals surface area contributed by atoms with Crippen molar-refractivity contribution in [1.29, 1.82) is 0 Å². The predicted molar refractivity (Wildman–Crippen MR) is 63.5 cm³/mol. The lowest BCUT2D eigenvalue weighted by Gasteiger charge is -2.17. The van der Waals surface area contributed by atoms with Crippen molar-refractivity contribution in [3.63, 3.8) is 0 Å². The quantitative estimate of drug-likeness (QED) is 0.783. The van der Waals surface area contributed by atoms with Crippen molar-refractivity contribution >= 4 is 11.3 Å². The highest BCUT2D eigenvalue weighted by Crippen LogP contribution is 2.09. The number of hydrogen-bond acceptors (Lipinski definition) is 3. The molecule has 3 heteroatoms. The summed E-state index contributed by atoms with van der Waals surface area (Å²) < 4.78 is 0. The first kappa shape index (κ1) is 11.7. The van der Waals surface area contributed by atoms with Crippen LogP contribution in [0, 0.1) is 5.92 Å². The van der Waals surface area contributed by atoms with Crippen molar-refractivity contribution < 1.29 is 0 Å². The van der Waals surface area contributed by atoms with Gasteiger partial charge >= 0.3 is 0 Å². The molecule has 0 saturated heterocycles. The zero-order valence-corrected chi connectivity index (χ0v) is 9.89. The minimum atomic E-state index is 0.639. The largest absolute Gasteiger partial charge is 0.330 e. The third kappa shape index (κ3) is 4.22. The van der Waals surface area contributed by atoms with E-state index in [9.17, 15) is 0 Å². The Labute approximate surface area is 90.7 Å². The van der Waals surface area contributed by atoms with Gasteiger partial charge in [-0.3, -0.25) is 0 Å². The van der Waals surface area contributed by atoms with Gasteiger partial charge in [0.05, 0.1) is 0 Å². The summed E-state index contributed by atoms with van der Waals surface area (Å²) in [4.78, 5) is 2.36. The third-order valence-electron chi connectivity index (χ3n) is 2.44. The number of hydrogen-bond donors (Lipinski definition) is 1. The SMILES string of the molecule is CC(CN)CCN(C)Cc1ccsc1. The Morgan fingerprint density at radius 1 is 1.57 bits per heavy atom. The van der Waals surface area contributed by atoms with Gasteiger partial charge in [0, 0.05) is 6.54 Å². The van der Waals surface area contributed by atoms with Crippen LogP contribution in [-0.2, 0) is 6.54 Å². The molecule has 1 atom stereocenters. The summed E-state index contributed by atoms with van der Waals surface area (Å²) in [5.74, 6) is 0.639. The van der Waals surface area contributed by atoms with Crippen LogP contribution in [0.2, 0.25) is 0 Å². The van der Waals surface area contributed by atoms with Crippen LogP contribution in [0.4, 0.5) is 0 Å². The van der Waals surface area contributed by atoms with E-state index in [1.807, 2.05) is 0 Å². The van der Waals surface area contributed by atoms with Gasteiger partial charge in [0.25, 0.3) is 0 Å². The maximum absolute atomic E-state index is 5.58. The average Bonchev–Trinajstić information content (AvgIpc) is 2.66. The normalized spacial score (nSPS) is 13.4. The molecule has 80 valence electrons. The summed E-state index contributed by atoms with van der Waals surface area (Å²) in [6.45, 7) is 5.19. The summed E-state index contributed by atoms with van der Waals surface area (Å²) in [5, 5.41) is 4.34. The second-order valence-corrected chi connectivity index (χ2v) is 4.78. The fraction of sp³-hybridized carbons (Fsp3) is 0.636. The van der Waals surface area contributed by atoms with Crippen molar-refractivity contribution in [3.8, 4) is 0 Å². The Kier molecular flexibility index (Phi) is 5.15. The second kappa shape index (κ2) is 6.17. The minimum Gasteiger partial charge on any atom is -0.330 e. The van der Waals surface area contributed by atoms with Crippen molar-refractivity contribution in [2.24, 2.45) is 11.7 Å². The minimum absolute atomic E-state index is 0.639. The molecule has 0 aliphatic rings. The second-order valence-electron chi connectivity index (χ2n) is 4.00. The highest BCUT2D eigenvalue weighted by atomic mass is 32.1. The fourth-order valence-electron chi connectivity index (χ4n) is 1.33. The molecule has 0 aromatic carbocycles. The van der Waals surface area contributed by atoms with Crippen LogP contribution in [0.1, 0.15) is 18.9 Å². The summed E-state index contributed by atoms with van der Waals surface area (Å²) in [7, 11) is 2.17. The Morgan fingerprint density at radius 2 is 2.36 bits per heavy atom. The summed E-state index contributed by atoms with van der Waals surface area (Å²) in [6.07, 6.45) is 1.19. The molecule has 0 saturated carbocycles. The molecule has 1 unspecified atom stereocenters. The van der Waals surface area contributed by atoms with E-state index in [1.165, 1.54) is 12.0 Å². The Balaban J connectivity index is 2.19. The Morgan fingerprint density at radius 3 is 2.93 bits per heavy atom. The van der Waals surface area contributed by atoms with E-state index in [0.29, 0.717) is 5.92 Å². The van der Waals surface area contributed by atoms with Gasteiger partial charge in [-0.2, -0.15) is 11.3 Å². The molecular weight excluding hydrogens is 192 g/mol. The maximum Gasteiger partial charge on any atom is 0.0238 e. The van der Waals surface area contributed by atoms with E-state index in [0.717, 1.165) is 19.6 Å². The average molecular weight is 212 g/mol. The lowest BCUT2D eigenvalue weighted by atomic mass is 10.1. The van der Waals surface area contributed by atoms with Gasteiger partial charge in [0.2, 0.25) is 0 Å². The van der Waals surface area contributed by atoms with Gasteiger partial charge in [-0.05, 0) is 54.9 Å². The van der Waals surface area contributed by atoms with E-state index in [1.54, 1.807) is 11.3 Å². The molecule has 2 N–H and O–H groups in total. The van der Waals surface area contributed by atoms with Crippen molar-refractivity contribution in [3.05, 3.63) is 22.4 Å². The summed E-state index contributed by atoms with van der Waals surface area (Å²) in [6, 6.07) is 2.19. The van der Waals surface area contributed by atoms with Crippen molar-refractivity contribution in [1.82, 2.24) is 4.90 Å². The molecule has 0 fully saturated rings. The van der Waals surface area contributed by atoms with Crippen molar-refractivity contribution in [2.75, 3.05) is 20.1 Å². The molecule has 1 rings (SSSR count). The molecule has 0 aliphatic carbocycles. The first-order chi connectivity index (χ1) is 6.72. The molecule has 0 radical (unpaired) electrons. The zero-order chi connectivity index (χ0) is 10.4. The number of rotatable bonds is 6. The lowest BCUT2D eigenvalue weighted by molar-refractivity contribution is 0.300. The van der Waals surface area contributed by atoms with Gasteiger partial charge in [-0.15, -0.1) is 0 Å². The molecule has 0 bridgehead atoms. The topological polar surface area (TPSA) is 29.3 Å². The van der Waals surface area contributed by atoms with E-state index >= 15 is 0 Å². The Bertz CT molecular complexity index is 233. The van der Waals surface area contributed by atoms with E-state index in [-0.39, 0.29) is 0 Å². The molecule has 0 spiro atoms. The molecule has 1 heterocycles. The van der Waals surface area contributed by atoms with Gasteiger partial charge in [0.15, 0.2) is 0 Å². The molecule has 0 amide bonds. The molecular formula is C11H20N2S. The fourth-order valence-corrected chi connectivity index (χ4v) is 1.99. The number of thiophene rings is 1. The highest BCUT2D eigenvalue weighted by molar-refractivity contribution is 7.07. The van der Waals surface area contributed by atoms with Crippen LogP contribution in [0.15, 0.2) is 16.8 Å². The van der Waals surface area contributed by atoms with E-state index < -0.39 is 0 Å². The molecule has 1 aromatic heterocycles. The van der Waals surface area contributed by atoms with Crippen LogP contribution in [-0.4, -0.2) is 25.0 Å². The maximum atomic E-state index is 5.58. The monoisotopic (exact) mass is 212 g/mol. The first-order valence-electron chi connectivity index (χ1n) is 5.12. The van der Waals surface area contributed by atoms with Crippen LogP contribution in [0.5, 0.6) is 0 Å². The molecule has 14 heavy (non-hydrogen) atoms.